The maximum absolute atomic E-state index is 12.5. The van der Waals surface area contributed by atoms with Crippen LogP contribution in [0.2, 0.25) is 18.1 Å². The van der Waals surface area contributed by atoms with Gasteiger partial charge in [-0.3, -0.25) is 4.79 Å². The van der Waals surface area contributed by atoms with Gasteiger partial charge < -0.3 is 9.74 Å². The van der Waals surface area contributed by atoms with Crippen LogP contribution in [-0.2, 0) is 9.22 Å². The quantitative estimate of drug-likeness (QED) is 0.374. The minimum atomic E-state index is -1.82. The molecule has 1 aliphatic rings. The van der Waals surface area contributed by atoms with Crippen molar-refractivity contribution in [3.05, 3.63) is 11.6 Å². The smallest absolute Gasteiger partial charge is 0.223 e. The Hall–Kier alpha value is -0.613. The molecule has 0 saturated carbocycles. The number of amides is 1. The number of carbonyl (C=O) groups excluding carboxylic acids is 1. The summed E-state index contributed by atoms with van der Waals surface area (Å²) in [5.74, 6) is 0.988. The fourth-order valence-electron chi connectivity index (χ4n) is 4.07. The lowest BCUT2D eigenvalue weighted by atomic mass is 9.90. The molecule has 1 N–H and O–H groups in total. The maximum atomic E-state index is 12.5. The van der Waals surface area contributed by atoms with E-state index in [1.807, 2.05) is 0 Å². The molecular formula is C25H49NO2Si. The van der Waals surface area contributed by atoms with Crippen LogP contribution in [0.3, 0.4) is 0 Å². The summed E-state index contributed by atoms with van der Waals surface area (Å²) in [5, 5.41) is 3.44. The topological polar surface area (TPSA) is 38.3 Å². The molecule has 29 heavy (non-hydrogen) atoms. The van der Waals surface area contributed by atoms with Crippen LogP contribution in [0.5, 0.6) is 0 Å². The molecule has 1 aliphatic heterocycles. The molecule has 0 saturated heterocycles. The van der Waals surface area contributed by atoms with Gasteiger partial charge in [0.2, 0.25) is 5.91 Å². The van der Waals surface area contributed by atoms with Gasteiger partial charge in [-0.1, -0.05) is 59.6 Å². The summed E-state index contributed by atoms with van der Waals surface area (Å²) in [7, 11) is -1.82. The Morgan fingerprint density at radius 2 is 1.79 bits per heavy atom. The van der Waals surface area contributed by atoms with E-state index >= 15 is 0 Å². The Labute approximate surface area is 182 Å². The number of hydrogen-bond donors (Lipinski definition) is 1. The lowest BCUT2D eigenvalue weighted by Gasteiger charge is -2.41. The van der Waals surface area contributed by atoms with Crippen LogP contribution in [0.4, 0.5) is 0 Å². The lowest BCUT2D eigenvalue weighted by Crippen LogP contribution is -2.45. The summed E-state index contributed by atoms with van der Waals surface area (Å²) < 4.78 is 6.96. The number of nitrogens with one attached hydrogen (secondary N) is 1. The van der Waals surface area contributed by atoms with E-state index in [0.717, 1.165) is 64.3 Å². The second-order valence-corrected chi connectivity index (χ2v) is 15.2. The highest BCUT2D eigenvalue weighted by molar-refractivity contribution is 6.74. The van der Waals surface area contributed by atoms with Gasteiger partial charge in [0.25, 0.3) is 0 Å². The first-order valence-corrected chi connectivity index (χ1v) is 15.1. The van der Waals surface area contributed by atoms with Crippen LogP contribution in [0.25, 0.3) is 0 Å². The van der Waals surface area contributed by atoms with Crippen LogP contribution in [-0.4, -0.2) is 26.9 Å². The van der Waals surface area contributed by atoms with Crippen LogP contribution in [0.1, 0.15) is 99.3 Å². The average molecular weight is 424 g/mol. The zero-order chi connectivity index (χ0) is 22.1. The first kappa shape index (κ1) is 26.4. The molecule has 170 valence electrons. The second-order valence-electron chi connectivity index (χ2n) is 10.5. The Kier molecular flexibility index (Phi) is 11.2. The van der Waals surface area contributed by atoms with Gasteiger partial charge in [0, 0.05) is 12.5 Å². The molecule has 0 aliphatic carbocycles. The summed E-state index contributed by atoms with van der Waals surface area (Å²) in [6.45, 7) is 19.2. The molecule has 1 amide bonds. The summed E-state index contributed by atoms with van der Waals surface area (Å²) in [6.07, 6.45) is 12.4. The van der Waals surface area contributed by atoms with E-state index < -0.39 is 8.32 Å². The highest BCUT2D eigenvalue weighted by Crippen LogP contribution is 2.39. The van der Waals surface area contributed by atoms with Gasteiger partial charge in [0.15, 0.2) is 8.32 Å². The van der Waals surface area contributed by atoms with Crippen molar-refractivity contribution in [2.75, 3.05) is 6.54 Å². The number of hydrogen-bond acceptors (Lipinski definition) is 2. The minimum absolute atomic E-state index is 0.174. The normalized spacial score (nSPS) is 28.2. The van der Waals surface area contributed by atoms with Gasteiger partial charge in [-0.05, 0) is 75.4 Å². The van der Waals surface area contributed by atoms with Gasteiger partial charge in [-0.15, -0.1) is 0 Å². The molecule has 0 bridgehead atoms. The minimum Gasteiger partial charge on any atom is -0.413 e. The highest BCUT2D eigenvalue weighted by atomic mass is 28.4. The van der Waals surface area contributed by atoms with E-state index in [-0.39, 0.29) is 16.9 Å². The van der Waals surface area contributed by atoms with Crippen LogP contribution < -0.4 is 5.32 Å². The standard InChI is InChI=1S/C25H49NO2Si/c1-9-20-14-12-15-22(11-3)24(27)26-19-13-16-21(10-2)23(18-17-20)28-29(7,8)25(4,5)6/h17,21-23H,9-16,18-19H2,1-8H3,(H,26,27)/b20-17+/t21-,22-,23-/m1/s1. The molecule has 0 unspecified atom stereocenters. The van der Waals surface area contributed by atoms with Crippen molar-refractivity contribution >= 4 is 14.2 Å². The van der Waals surface area contributed by atoms with Crippen molar-refractivity contribution in [1.29, 1.82) is 0 Å². The van der Waals surface area contributed by atoms with E-state index in [1.165, 1.54) is 5.57 Å². The second kappa shape index (κ2) is 12.3. The fraction of sp³-hybridized carbons (Fsp3) is 0.880. The highest BCUT2D eigenvalue weighted by Gasteiger charge is 2.40. The first-order chi connectivity index (χ1) is 13.6. The van der Waals surface area contributed by atoms with E-state index in [1.54, 1.807) is 0 Å². The largest absolute Gasteiger partial charge is 0.413 e. The third-order valence-electron chi connectivity index (χ3n) is 7.36. The Morgan fingerprint density at radius 1 is 1.10 bits per heavy atom. The van der Waals surface area contributed by atoms with Crippen molar-refractivity contribution in [2.24, 2.45) is 11.8 Å². The molecule has 0 aromatic rings. The molecule has 0 aromatic carbocycles. The zero-order valence-electron chi connectivity index (χ0n) is 20.7. The third kappa shape index (κ3) is 8.57. The Bertz CT molecular complexity index is 521. The molecule has 3 nitrogen and oxygen atoms in total. The molecule has 3 atom stereocenters. The van der Waals surface area contributed by atoms with Gasteiger partial charge >= 0.3 is 0 Å². The van der Waals surface area contributed by atoms with Crippen molar-refractivity contribution in [3.63, 3.8) is 0 Å². The predicted molar refractivity (Wildman–Crippen MR) is 129 cm³/mol. The van der Waals surface area contributed by atoms with E-state index in [0.29, 0.717) is 12.0 Å². The number of carbonyl (C=O) groups is 1. The number of allylic oxidation sites excluding steroid dienone is 1. The maximum Gasteiger partial charge on any atom is 0.223 e. The summed E-state index contributed by atoms with van der Waals surface area (Å²) >= 11 is 0. The van der Waals surface area contributed by atoms with Crippen molar-refractivity contribution < 1.29 is 9.22 Å². The lowest BCUT2D eigenvalue weighted by molar-refractivity contribution is -0.125. The molecular weight excluding hydrogens is 374 g/mol. The molecule has 0 aromatic heterocycles. The van der Waals surface area contributed by atoms with Crippen LogP contribution in [0.15, 0.2) is 11.6 Å². The zero-order valence-corrected chi connectivity index (χ0v) is 21.7. The molecule has 0 radical (unpaired) electrons. The average Bonchev–Trinajstić information content (AvgIpc) is 2.65. The summed E-state index contributed by atoms with van der Waals surface area (Å²) in [6, 6.07) is 0. The van der Waals surface area contributed by atoms with Gasteiger partial charge in [-0.2, -0.15) is 0 Å². The Morgan fingerprint density at radius 3 is 2.34 bits per heavy atom. The molecule has 1 heterocycles. The van der Waals surface area contributed by atoms with Crippen LogP contribution >= 0.6 is 0 Å². The Balaban J connectivity index is 3.05. The van der Waals surface area contributed by atoms with Gasteiger partial charge in [-0.25, -0.2) is 0 Å². The SMILES string of the molecule is CC/C1=C\C[C@@H](O[Si](C)(C)C(C)(C)C)[C@H](CC)CCCNC(=O)[C@H](CC)CCC1. The van der Waals surface area contributed by atoms with Gasteiger partial charge in [0.1, 0.15) is 0 Å². The van der Waals surface area contributed by atoms with Crippen LogP contribution in [0, 0.1) is 11.8 Å². The predicted octanol–water partition coefficient (Wildman–Crippen LogP) is 7.24. The molecule has 4 heteroatoms. The molecule has 0 spiro atoms. The van der Waals surface area contributed by atoms with E-state index in [2.05, 4.69) is 66.0 Å². The summed E-state index contributed by atoms with van der Waals surface area (Å²) in [5.41, 5.74) is 1.54. The third-order valence-corrected chi connectivity index (χ3v) is 11.9. The van der Waals surface area contributed by atoms with Gasteiger partial charge in [0.05, 0.1) is 6.10 Å². The van der Waals surface area contributed by atoms with Crippen molar-refractivity contribution in [1.82, 2.24) is 5.32 Å². The molecule has 1 rings (SSSR count). The fourth-order valence-corrected chi connectivity index (χ4v) is 5.47. The van der Waals surface area contributed by atoms with Crippen molar-refractivity contribution in [2.45, 2.75) is 124 Å². The first-order valence-electron chi connectivity index (χ1n) is 12.2. The van der Waals surface area contributed by atoms with E-state index in [9.17, 15) is 4.79 Å². The number of rotatable bonds is 5. The van der Waals surface area contributed by atoms with E-state index in [4.69, 9.17) is 4.43 Å². The van der Waals surface area contributed by atoms with Crippen molar-refractivity contribution in [3.8, 4) is 0 Å². The molecule has 0 fully saturated rings. The summed E-state index contributed by atoms with van der Waals surface area (Å²) in [4.78, 5) is 12.5. The monoisotopic (exact) mass is 423 g/mol.